The summed E-state index contributed by atoms with van der Waals surface area (Å²) in [7, 11) is 0. The topological polar surface area (TPSA) is 29.1 Å². The Balaban J connectivity index is 2.26. The minimum Gasteiger partial charge on any atom is -0.375 e. The average Bonchev–Trinajstić information content (AvgIpc) is 2.27. The van der Waals surface area contributed by atoms with E-state index in [1.807, 2.05) is 18.2 Å². The highest BCUT2D eigenvalue weighted by atomic mass is 16.1. The van der Waals surface area contributed by atoms with Gasteiger partial charge in [0.05, 0.1) is 6.04 Å². The summed E-state index contributed by atoms with van der Waals surface area (Å²) in [5.41, 5.74) is 2.25. The number of hydrogen-bond donors (Lipinski definition) is 1. The summed E-state index contributed by atoms with van der Waals surface area (Å²) < 4.78 is 0. The maximum absolute atomic E-state index is 11.9. The summed E-state index contributed by atoms with van der Waals surface area (Å²) in [4.78, 5) is 11.9. The first-order valence-corrected chi connectivity index (χ1v) is 5.59. The van der Waals surface area contributed by atoms with E-state index >= 15 is 0 Å². The first kappa shape index (κ1) is 10.2. The molecule has 1 N–H and O–H groups in total. The van der Waals surface area contributed by atoms with Crippen LogP contribution in [0.4, 0.5) is 5.69 Å². The van der Waals surface area contributed by atoms with Crippen LogP contribution >= 0.6 is 0 Å². The van der Waals surface area contributed by atoms with E-state index in [-0.39, 0.29) is 6.04 Å². The predicted octanol–water partition coefficient (Wildman–Crippen LogP) is 2.64. The summed E-state index contributed by atoms with van der Waals surface area (Å²) in [5, 5.41) is 3.35. The Kier molecular flexibility index (Phi) is 2.76. The molecule has 1 unspecified atom stereocenters. The molecule has 1 aliphatic heterocycles. The van der Waals surface area contributed by atoms with E-state index in [4.69, 9.17) is 0 Å². The largest absolute Gasteiger partial charge is 0.375 e. The molecule has 0 amide bonds. The standard InChI is InChI=1S/C13H17NO/c1-3-9(2)13-12(15)8-10-6-4-5-7-11(10)14-13/h4-7,9,13-14H,3,8H2,1-2H3/t9?,13-/m0/s1. The minimum atomic E-state index is 0.00454. The summed E-state index contributed by atoms with van der Waals surface area (Å²) >= 11 is 0. The van der Waals surface area contributed by atoms with Crippen molar-refractivity contribution in [1.82, 2.24) is 0 Å². The quantitative estimate of drug-likeness (QED) is 0.800. The van der Waals surface area contributed by atoms with Gasteiger partial charge in [0.15, 0.2) is 5.78 Å². The SMILES string of the molecule is CCC(C)[C@@H]1Nc2ccccc2CC1=O. The number of nitrogens with one attached hydrogen (secondary N) is 1. The van der Waals surface area contributed by atoms with E-state index in [0.29, 0.717) is 18.1 Å². The lowest BCUT2D eigenvalue weighted by Gasteiger charge is -2.29. The number of benzene rings is 1. The number of rotatable bonds is 2. The van der Waals surface area contributed by atoms with Gasteiger partial charge in [0.25, 0.3) is 0 Å². The van der Waals surface area contributed by atoms with Crippen molar-refractivity contribution in [3.8, 4) is 0 Å². The summed E-state index contributed by atoms with van der Waals surface area (Å²) in [6.45, 7) is 4.25. The molecule has 0 radical (unpaired) electrons. The lowest BCUT2D eigenvalue weighted by molar-refractivity contribution is -0.120. The highest BCUT2D eigenvalue weighted by molar-refractivity contribution is 5.92. The number of para-hydroxylation sites is 1. The molecular formula is C13H17NO. The number of ketones is 1. The van der Waals surface area contributed by atoms with Gasteiger partial charge in [-0.05, 0) is 17.5 Å². The molecule has 1 heterocycles. The molecule has 0 aromatic heterocycles. The predicted molar refractivity (Wildman–Crippen MR) is 62.0 cm³/mol. The van der Waals surface area contributed by atoms with Gasteiger partial charge in [-0.3, -0.25) is 4.79 Å². The first-order chi connectivity index (χ1) is 7.22. The van der Waals surface area contributed by atoms with Gasteiger partial charge in [-0.1, -0.05) is 38.5 Å². The molecule has 0 bridgehead atoms. The second kappa shape index (κ2) is 4.05. The van der Waals surface area contributed by atoms with Crippen LogP contribution in [0.3, 0.4) is 0 Å². The molecule has 2 rings (SSSR count). The number of hydrogen-bond acceptors (Lipinski definition) is 2. The maximum atomic E-state index is 11.9. The molecule has 0 aliphatic carbocycles. The number of anilines is 1. The van der Waals surface area contributed by atoms with Crippen molar-refractivity contribution in [1.29, 1.82) is 0 Å². The Morgan fingerprint density at radius 1 is 1.47 bits per heavy atom. The first-order valence-electron chi connectivity index (χ1n) is 5.59. The fraction of sp³-hybridized carbons (Fsp3) is 0.462. The smallest absolute Gasteiger partial charge is 0.159 e. The van der Waals surface area contributed by atoms with Crippen LogP contribution in [0.15, 0.2) is 24.3 Å². The van der Waals surface area contributed by atoms with Crippen LogP contribution in [-0.2, 0) is 11.2 Å². The third kappa shape index (κ3) is 1.89. The van der Waals surface area contributed by atoms with Crippen molar-refractivity contribution in [3.63, 3.8) is 0 Å². The molecule has 0 fully saturated rings. The van der Waals surface area contributed by atoms with E-state index in [2.05, 4.69) is 25.2 Å². The zero-order valence-electron chi connectivity index (χ0n) is 9.29. The third-order valence-corrected chi connectivity index (χ3v) is 3.25. The highest BCUT2D eigenvalue weighted by Gasteiger charge is 2.28. The van der Waals surface area contributed by atoms with Crippen molar-refractivity contribution in [2.45, 2.75) is 32.7 Å². The second-order valence-electron chi connectivity index (χ2n) is 4.31. The fourth-order valence-corrected chi connectivity index (χ4v) is 2.06. The summed E-state index contributed by atoms with van der Waals surface area (Å²) in [5.74, 6) is 0.730. The summed E-state index contributed by atoms with van der Waals surface area (Å²) in [6.07, 6.45) is 1.61. The number of carbonyl (C=O) groups is 1. The molecule has 2 heteroatoms. The molecule has 15 heavy (non-hydrogen) atoms. The minimum absolute atomic E-state index is 0.00454. The van der Waals surface area contributed by atoms with E-state index in [9.17, 15) is 4.79 Å². The van der Waals surface area contributed by atoms with Crippen molar-refractivity contribution in [2.24, 2.45) is 5.92 Å². The normalized spacial score (nSPS) is 21.7. The van der Waals surface area contributed by atoms with Gasteiger partial charge in [-0.25, -0.2) is 0 Å². The van der Waals surface area contributed by atoms with Crippen molar-refractivity contribution in [2.75, 3.05) is 5.32 Å². The summed E-state index contributed by atoms with van der Waals surface area (Å²) in [6, 6.07) is 8.07. The molecule has 1 aliphatic rings. The molecule has 2 nitrogen and oxygen atoms in total. The Bertz CT molecular complexity index is 373. The molecule has 1 aromatic rings. The van der Waals surface area contributed by atoms with Crippen molar-refractivity contribution >= 4 is 11.5 Å². The zero-order chi connectivity index (χ0) is 10.8. The van der Waals surface area contributed by atoms with Gasteiger partial charge >= 0.3 is 0 Å². The second-order valence-corrected chi connectivity index (χ2v) is 4.31. The monoisotopic (exact) mass is 203 g/mol. The molecule has 1 aromatic carbocycles. The zero-order valence-corrected chi connectivity index (χ0v) is 9.29. The van der Waals surface area contributed by atoms with Crippen molar-refractivity contribution in [3.05, 3.63) is 29.8 Å². The van der Waals surface area contributed by atoms with E-state index in [1.54, 1.807) is 0 Å². The van der Waals surface area contributed by atoms with Gasteiger partial charge in [-0.15, -0.1) is 0 Å². The highest BCUT2D eigenvalue weighted by Crippen LogP contribution is 2.26. The molecule has 0 saturated carbocycles. The Hall–Kier alpha value is -1.31. The maximum Gasteiger partial charge on any atom is 0.159 e. The number of carbonyl (C=O) groups excluding carboxylic acids is 1. The van der Waals surface area contributed by atoms with Crippen LogP contribution in [0.2, 0.25) is 0 Å². The van der Waals surface area contributed by atoms with E-state index < -0.39 is 0 Å². The van der Waals surface area contributed by atoms with Gasteiger partial charge in [-0.2, -0.15) is 0 Å². The van der Waals surface area contributed by atoms with E-state index in [1.165, 1.54) is 0 Å². The Labute approximate surface area is 90.7 Å². The van der Waals surface area contributed by atoms with Crippen LogP contribution in [0.25, 0.3) is 0 Å². The van der Waals surface area contributed by atoms with Gasteiger partial charge in [0.2, 0.25) is 0 Å². The van der Waals surface area contributed by atoms with Crippen molar-refractivity contribution < 1.29 is 4.79 Å². The van der Waals surface area contributed by atoms with Crippen LogP contribution in [-0.4, -0.2) is 11.8 Å². The lowest BCUT2D eigenvalue weighted by Crippen LogP contribution is -2.40. The fourth-order valence-electron chi connectivity index (χ4n) is 2.06. The Morgan fingerprint density at radius 2 is 2.20 bits per heavy atom. The average molecular weight is 203 g/mol. The molecule has 0 saturated heterocycles. The van der Waals surface area contributed by atoms with Crippen LogP contribution in [0, 0.1) is 5.92 Å². The number of Topliss-reactive ketones (excluding diaryl/α,β-unsaturated/α-hetero) is 1. The third-order valence-electron chi connectivity index (χ3n) is 3.25. The molecule has 2 atom stereocenters. The van der Waals surface area contributed by atoms with Crippen LogP contribution < -0.4 is 5.32 Å². The molecule has 0 spiro atoms. The van der Waals surface area contributed by atoms with Crippen LogP contribution in [0.5, 0.6) is 0 Å². The van der Waals surface area contributed by atoms with Gasteiger partial charge in [0.1, 0.15) is 0 Å². The van der Waals surface area contributed by atoms with E-state index in [0.717, 1.165) is 17.7 Å². The van der Waals surface area contributed by atoms with Gasteiger partial charge in [0, 0.05) is 12.1 Å². The van der Waals surface area contributed by atoms with Crippen LogP contribution in [0.1, 0.15) is 25.8 Å². The number of fused-ring (bicyclic) bond motifs is 1. The molecular weight excluding hydrogens is 186 g/mol. The molecule has 80 valence electrons. The van der Waals surface area contributed by atoms with Gasteiger partial charge < -0.3 is 5.32 Å². The lowest BCUT2D eigenvalue weighted by atomic mass is 9.88. The Morgan fingerprint density at radius 3 is 2.93 bits per heavy atom.